The number of hydrogen-bond acceptors (Lipinski definition) is 4. The predicted molar refractivity (Wildman–Crippen MR) is 78.4 cm³/mol. The van der Waals surface area contributed by atoms with Crippen LogP contribution in [0.4, 0.5) is 10.2 Å². The Labute approximate surface area is 120 Å². The van der Waals surface area contributed by atoms with Gasteiger partial charge in [0, 0.05) is 50.0 Å². The Morgan fingerprint density at radius 2 is 2.20 bits per heavy atom. The van der Waals surface area contributed by atoms with Crippen LogP contribution in [-0.2, 0) is 6.54 Å². The molecule has 1 aliphatic heterocycles. The number of pyridine rings is 1. The summed E-state index contributed by atoms with van der Waals surface area (Å²) in [7, 11) is 2.10. The lowest BCUT2D eigenvalue weighted by molar-refractivity contribution is 0.273. The maximum Gasteiger partial charge on any atom is 0.170 e. The van der Waals surface area contributed by atoms with E-state index in [2.05, 4.69) is 34.1 Å². The molecular formula is C15H23FN4. The average Bonchev–Trinajstić information content (AvgIpc) is 3.22. The molecule has 0 amide bonds. The van der Waals surface area contributed by atoms with Crippen LogP contribution in [0, 0.1) is 5.82 Å². The Kier molecular flexibility index (Phi) is 3.89. The zero-order valence-electron chi connectivity index (χ0n) is 12.3. The van der Waals surface area contributed by atoms with Gasteiger partial charge in [0.1, 0.15) is 0 Å². The first-order chi connectivity index (χ1) is 9.65. The van der Waals surface area contributed by atoms with Gasteiger partial charge in [0.25, 0.3) is 0 Å². The van der Waals surface area contributed by atoms with Gasteiger partial charge in [-0.2, -0.15) is 0 Å². The topological polar surface area (TPSA) is 31.4 Å². The number of piperazine rings is 1. The Morgan fingerprint density at radius 3 is 2.90 bits per heavy atom. The van der Waals surface area contributed by atoms with E-state index in [0.29, 0.717) is 24.4 Å². The minimum absolute atomic E-state index is 0.156. The highest BCUT2D eigenvalue weighted by atomic mass is 19.1. The predicted octanol–water partition coefficient (Wildman–Crippen LogP) is 1.61. The van der Waals surface area contributed by atoms with Crippen molar-refractivity contribution in [3.05, 3.63) is 23.6 Å². The van der Waals surface area contributed by atoms with Crippen molar-refractivity contribution < 1.29 is 4.39 Å². The van der Waals surface area contributed by atoms with Crippen molar-refractivity contribution in [2.75, 3.05) is 31.6 Å². The number of halogens is 1. The third-order valence-electron chi connectivity index (χ3n) is 4.21. The molecule has 2 heterocycles. The van der Waals surface area contributed by atoms with Crippen LogP contribution in [0.25, 0.3) is 0 Å². The molecule has 1 saturated heterocycles. The molecule has 2 fully saturated rings. The van der Waals surface area contributed by atoms with Gasteiger partial charge in [0.2, 0.25) is 0 Å². The van der Waals surface area contributed by atoms with Gasteiger partial charge in [-0.1, -0.05) is 0 Å². The molecule has 3 rings (SSSR count). The van der Waals surface area contributed by atoms with Crippen LogP contribution >= 0.6 is 0 Å². The number of nitrogens with one attached hydrogen (secondary N) is 1. The van der Waals surface area contributed by atoms with Gasteiger partial charge in [-0.05, 0) is 32.9 Å². The van der Waals surface area contributed by atoms with Gasteiger partial charge in [0.05, 0.1) is 0 Å². The van der Waals surface area contributed by atoms with Gasteiger partial charge in [-0.25, -0.2) is 9.37 Å². The summed E-state index contributed by atoms with van der Waals surface area (Å²) in [4.78, 5) is 8.65. The molecule has 0 spiro atoms. The second kappa shape index (κ2) is 5.66. The summed E-state index contributed by atoms with van der Waals surface area (Å²) in [5.74, 6) is 0.359. The average molecular weight is 278 g/mol. The molecule has 4 nitrogen and oxygen atoms in total. The van der Waals surface area contributed by atoms with Gasteiger partial charge in [-0.3, -0.25) is 0 Å². The summed E-state index contributed by atoms with van der Waals surface area (Å²) in [6.07, 6.45) is 4.16. The highest BCUT2D eigenvalue weighted by Gasteiger charge is 2.26. The molecule has 1 aromatic heterocycles. The molecule has 5 heteroatoms. The van der Waals surface area contributed by atoms with Crippen LogP contribution < -0.4 is 10.2 Å². The molecule has 0 aromatic carbocycles. The summed E-state index contributed by atoms with van der Waals surface area (Å²) in [6, 6.07) is 2.67. The van der Waals surface area contributed by atoms with Crippen LogP contribution in [0.3, 0.4) is 0 Å². The number of aromatic nitrogens is 1. The van der Waals surface area contributed by atoms with E-state index in [4.69, 9.17) is 0 Å². The molecule has 1 aliphatic carbocycles. The lowest BCUT2D eigenvalue weighted by Crippen LogP contribution is -2.51. The summed E-state index contributed by atoms with van der Waals surface area (Å²) in [6.45, 7) is 5.48. The van der Waals surface area contributed by atoms with Crippen molar-refractivity contribution in [1.82, 2.24) is 15.2 Å². The second-order valence-corrected chi connectivity index (χ2v) is 6.07. The lowest BCUT2D eigenvalue weighted by Gasteiger charge is -2.39. The van der Waals surface area contributed by atoms with E-state index in [1.165, 1.54) is 12.8 Å². The number of anilines is 1. The van der Waals surface area contributed by atoms with Crippen LogP contribution in [0.1, 0.15) is 25.3 Å². The number of nitrogens with zero attached hydrogens (tertiary/aromatic N) is 3. The molecule has 1 aromatic rings. The van der Waals surface area contributed by atoms with Gasteiger partial charge in [0.15, 0.2) is 11.6 Å². The van der Waals surface area contributed by atoms with Gasteiger partial charge in [-0.15, -0.1) is 0 Å². The maximum atomic E-state index is 14.6. The molecule has 2 aliphatic rings. The number of rotatable bonds is 4. The van der Waals surface area contributed by atoms with Crippen molar-refractivity contribution in [2.45, 2.75) is 38.4 Å². The van der Waals surface area contributed by atoms with Gasteiger partial charge >= 0.3 is 0 Å². The first-order valence-electron chi connectivity index (χ1n) is 7.47. The first kappa shape index (κ1) is 13.8. The molecule has 20 heavy (non-hydrogen) atoms. The number of likely N-dealkylation sites (N-methyl/N-ethyl adjacent to an activating group) is 1. The molecule has 1 N–H and O–H groups in total. The van der Waals surface area contributed by atoms with E-state index in [9.17, 15) is 4.39 Å². The zero-order valence-corrected chi connectivity index (χ0v) is 12.3. The molecule has 1 unspecified atom stereocenters. The minimum Gasteiger partial charge on any atom is -0.349 e. The highest BCUT2D eigenvalue weighted by Crippen LogP contribution is 2.25. The fourth-order valence-corrected chi connectivity index (χ4v) is 2.80. The highest BCUT2D eigenvalue weighted by molar-refractivity contribution is 5.44. The number of hydrogen-bond donors (Lipinski definition) is 1. The molecule has 0 radical (unpaired) electrons. The Balaban J connectivity index is 1.76. The standard InChI is InChI=1S/C15H23FN4/c1-11-10-19(2)7-8-20(11)15-14(16)12(5-6-17-15)9-18-13-3-4-13/h5-6,11,13,18H,3-4,7-10H2,1-2H3. The SMILES string of the molecule is CC1CN(C)CCN1c1nccc(CNC2CC2)c1F. The van der Waals surface area contributed by atoms with Crippen molar-refractivity contribution in [1.29, 1.82) is 0 Å². The molecule has 0 bridgehead atoms. The first-order valence-corrected chi connectivity index (χ1v) is 7.47. The maximum absolute atomic E-state index is 14.6. The summed E-state index contributed by atoms with van der Waals surface area (Å²) < 4.78 is 14.6. The van der Waals surface area contributed by atoms with Crippen LogP contribution in [0.5, 0.6) is 0 Å². The van der Waals surface area contributed by atoms with E-state index < -0.39 is 0 Å². The molecule has 110 valence electrons. The Hall–Kier alpha value is -1.20. The monoisotopic (exact) mass is 278 g/mol. The van der Waals surface area contributed by atoms with Crippen molar-refractivity contribution in [2.24, 2.45) is 0 Å². The van der Waals surface area contributed by atoms with Crippen LogP contribution in [-0.4, -0.2) is 48.6 Å². The summed E-state index contributed by atoms with van der Waals surface area (Å²) in [5.41, 5.74) is 0.730. The molecule has 1 atom stereocenters. The van der Waals surface area contributed by atoms with Crippen molar-refractivity contribution in [3.8, 4) is 0 Å². The van der Waals surface area contributed by atoms with Gasteiger partial charge < -0.3 is 15.1 Å². The van der Waals surface area contributed by atoms with Crippen molar-refractivity contribution in [3.63, 3.8) is 0 Å². The second-order valence-electron chi connectivity index (χ2n) is 6.07. The summed E-state index contributed by atoms with van der Waals surface area (Å²) >= 11 is 0. The fraction of sp³-hybridized carbons (Fsp3) is 0.667. The largest absolute Gasteiger partial charge is 0.349 e. The molecule has 1 saturated carbocycles. The van der Waals surface area contributed by atoms with Crippen LogP contribution in [0.2, 0.25) is 0 Å². The van der Waals surface area contributed by atoms with E-state index in [0.717, 1.165) is 25.2 Å². The smallest absolute Gasteiger partial charge is 0.170 e. The zero-order chi connectivity index (χ0) is 14.1. The Bertz CT molecular complexity index is 475. The third-order valence-corrected chi connectivity index (χ3v) is 4.21. The minimum atomic E-state index is -0.156. The van der Waals surface area contributed by atoms with E-state index >= 15 is 0 Å². The van der Waals surface area contributed by atoms with E-state index in [-0.39, 0.29) is 5.82 Å². The normalized spacial score (nSPS) is 24.1. The van der Waals surface area contributed by atoms with E-state index in [1.54, 1.807) is 12.3 Å². The fourth-order valence-electron chi connectivity index (χ4n) is 2.80. The van der Waals surface area contributed by atoms with E-state index in [1.807, 2.05) is 0 Å². The third kappa shape index (κ3) is 2.94. The quantitative estimate of drug-likeness (QED) is 0.907. The Morgan fingerprint density at radius 1 is 1.40 bits per heavy atom. The van der Waals surface area contributed by atoms with Crippen molar-refractivity contribution >= 4 is 5.82 Å². The molecular weight excluding hydrogens is 255 g/mol. The summed E-state index contributed by atoms with van der Waals surface area (Å²) in [5, 5.41) is 3.37. The van der Waals surface area contributed by atoms with Crippen LogP contribution in [0.15, 0.2) is 12.3 Å². The lowest BCUT2D eigenvalue weighted by atomic mass is 10.1.